The third kappa shape index (κ3) is 2.34. The summed E-state index contributed by atoms with van der Waals surface area (Å²) in [6, 6.07) is 7.42. The molecule has 2 rings (SSSR count). The molecular formula is C12H11N2O3. The minimum Gasteiger partial charge on any atom is -0.480 e. The molecule has 0 fully saturated rings. The highest BCUT2D eigenvalue weighted by molar-refractivity contribution is 5.84. The zero-order valence-electron chi connectivity index (χ0n) is 8.96. The van der Waals surface area contributed by atoms with Gasteiger partial charge in [-0.15, -0.1) is 0 Å². The third-order valence-electron chi connectivity index (χ3n) is 2.54. The van der Waals surface area contributed by atoms with E-state index in [0.29, 0.717) is 11.1 Å². The van der Waals surface area contributed by atoms with Crippen molar-refractivity contribution >= 4 is 16.9 Å². The number of aromatic nitrogens is 1. The quantitative estimate of drug-likeness (QED) is 0.832. The number of benzene rings is 1. The van der Waals surface area contributed by atoms with E-state index < -0.39 is 12.0 Å². The molecule has 0 amide bonds. The van der Waals surface area contributed by atoms with Crippen LogP contribution in [0, 0.1) is 0 Å². The van der Waals surface area contributed by atoms with Gasteiger partial charge in [-0.05, 0) is 18.1 Å². The highest BCUT2D eigenvalue weighted by Gasteiger charge is 2.15. The number of fused-ring (bicyclic) bond motifs is 1. The van der Waals surface area contributed by atoms with E-state index in [1.165, 1.54) is 6.07 Å². The van der Waals surface area contributed by atoms with Crippen molar-refractivity contribution in [3.8, 4) is 5.88 Å². The maximum Gasteiger partial charge on any atom is 0.320 e. The Morgan fingerprint density at radius 3 is 2.82 bits per heavy atom. The largest absolute Gasteiger partial charge is 0.480 e. The molecule has 17 heavy (non-hydrogen) atoms. The van der Waals surface area contributed by atoms with Crippen LogP contribution in [0.1, 0.15) is 5.56 Å². The molecular weight excluding hydrogens is 220 g/mol. The lowest BCUT2D eigenvalue weighted by Gasteiger charge is -2.09. The van der Waals surface area contributed by atoms with Crippen LogP contribution in [0.2, 0.25) is 0 Å². The number of rotatable bonds is 3. The summed E-state index contributed by atoms with van der Waals surface area (Å²) in [5.41, 5.74) is 6.65. The second kappa shape index (κ2) is 4.39. The zero-order chi connectivity index (χ0) is 12.4. The Morgan fingerprint density at radius 2 is 2.12 bits per heavy atom. The lowest BCUT2D eigenvalue weighted by Crippen LogP contribution is -2.32. The lowest BCUT2D eigenvalue weighted by molar-refractivity contribution is -0.138. The molecule has 0 bridgehead atoms. The van der Waals surface area contributed by atoms with Crippen molar-refractivity contribution in [2.75, 3.05) is 0 Å². The average Bonchev–Trinajstić information content (AvgIpc) is 2.28. The number of pyridine rings is 1. The van der Waals surface area contributed by atoms with Crippen LogP contribution in [0.3, 0.4) is 0 Å². The summed E-state index contributed by atoms with van der Waals surface area (Å²) in [5, 5.41) is 20.9. The predicted octanol–water partition coefficient (Wildman–Crippen LogP) is 1.33. The van der Waals surface area contributed by atoms with Crippen molar-refractivity contribution < 1.29 is 15.0 Å². The molecule has 0 saturated heterocycles. The highest BCUT2D eigenvalue weighted by Crippen LogP contribution is 2.22. The van der Waals surface area contributed by atoms with Crippen molar-refractivity contribution in [2.24, 2.45) is 5.73 Å². The minimum atomic E-state index is -1.08. The van der Waals surface area contributed by atoms with Gasteiger partial charge in [0.2, 0.25) is 0 Å². The van der Waals surface area contributed by atoms with Crippen LogP contribution in [0.4, 0.5) is 0 Å². The van der Waals surface area contributed by atoms with Gasteiger partial charge in [-0.2, -0.15) is 0 Å². The highest BCUT2D eigenvalue weighted by atomic mass is 16.4. The van der Waals surface area contributed by atoms with Gasteiger partial charge < -0.3 is 10.8 Å². The predicted molar refractivity (Wildman–Crippen MR) is 61.2 cm³/mol. The van der Waals surface area contributed by atoms with Gasteiger partial charge in [0.1, 0.15) is 6.04 Å². The van der Waals surface area contributed by atoms with E-state index in [0.717, 1.165) is 5.39 Å². The maximum absolute atomic E-state index is 11.4. The molecule has 1 aromatic heterocycles. The number of hydrogen-bond donors (Lipinski definition) is 2. The van der Waals surface area contributed by atoms with Gasteiger partial charge in [-0.25, -0.2) is 4.98 Å². The van der Waals surface area contributed by atoms with E-state index >= 15 is 0 Å². The molecule has 1 aromatic carbocycles. The standard InChI is InChI=1S/C12H11N2O3/c13-9(12(16)17)5-7-6-11(15)14-10-4-2-1-3-8(7)10/h1-4,6,9H,5,13H2,(H,16,17). The van der Waals surface area contributed by atoms with Crippen molar-refractivity contribution in [3.63, 3.8) is 0 Å². The van der Waals surface area contributed by atoms with Gasteiger partial charge in [0, 0.05) is 11.5 Å². The first-order valence-corrected chi connectivity index (χ1v) is 5.12. The smallest absolute Gasteiger partial charge is 0.320 e. The Kier molecular flexibility index (Phi) is 2.93. The van der Waals surface area contributed by atoms with Gasteiger partial charge >= 0.3 is 5.97 Å². The summed E-state index contributed by atoms with van der Waals surface area (Å²) >= 11 is 0. The fourth-order valence-electron chi connectivity index (χ4n) is 1.71. The molecule has 3 N–H and O–H groups in total. The number of nitrogens with two attached hydrogens (primary N) is 1. The van der Waals surface area contributed by atoms with Gasteiger partial charge in [0.15, 0.2) is 0 Å². The first kappa shape index (κ1) is 11.3. The van der Waals surface area contributed by atoms with Gasteiger partial charge in [0.25, 0.3) is 5.88 Å². The summed E-state index contributed by atoms with van der Waals surface area (Å²) in [6.45, 7) is 0. The molecule has 1 atom stereocenters. The number of para-hydroxylation sites is 1. The molecule has 0 spiro atoms. The fourth-order valence-corrected chi connectivity index (χ4v) is 1.71. The van der Waals surface area contributed by atoms with Crippen molar-refractivity contribution in [3.05, 3.63) is 35.9 Å². The maximum atomic E-state index is 11.4. The number of carboxylic acids is 1. The topological polar surface area (TPSA) is 96.1 Å². The zero-order valence-corrected chi connectivity index (χ0v) is 8.96. The molecule has 5 nitrogen and oxygen atoms in total. The SMILES string of the molecule is NC(Cc1cc([O])nc2ccccc12)C(=O)O. The Bertz CT molecular complexity index is 569. The number of nitrogens with zero attached hydrogens (tertiary/aromatic N) is 1. The molecule has 87 valence electrons. The minimum absolute atomic E-state index is 0.119. The Morgan fingerprint density at radius 1 is 1.41 bits per heavy atom. The Labute approximate surface area is 97.5 Å². The van der Waals surface area contributed by atoms with E-state index in [4.69, 9.17) is 10.8 Å². The second-order valence-electron chi connectivity index (χ2n) is 3.79. The van der Waals surface area contributed by atoms with Gasteiger partial charge in [-0.1, -0.05) is 18.2 Å². The molecule has 1 unspecified atom stereocenters. The van der Waals surface area contributed by atoms with Crippen LogP contribution in [0.5, 0.6) is 5.88 Å². The van der Waals surface area contributed by atoms with E-state index in [9.17, 15) is 9.90 Å². The first-order chi connectivity index (χ1) is 8.08. The van der Waals surface area contributed by atoms with Crippen LogP contribution >= 0.6 is 0 Å². The summed E-state index contributed by atoms with van der Waals surface area (Å²) in [4.78, 5) is 14.6. The van der Waals surface area contributed by atoms with E-state index in [-0.39, 0.29) is 12.3 Å². The molecule has 0 aliphatic carbocycles. The average molecular weight is 231 g/mol. The Hall–Kier alpha value is -2.14. The van der Waals surface area contributed by atoms with Crippen LogP contribution in [-0.2, 0) is 16.3 Å². The summed E-state index contributed by atoms with van der Waals surface area (Å²) in [6.07, 6.45) is 0.119. The molecule has 1 heterocycles. The molecule has 0 saturated carbocycles. The van der Waals surface area contributed by atoms with E-state index in [2.05, 4.69) is 4.98 Å². The normalized spacial score (nSPS) is 12.5. The summed E-state index contributed by atoms with van der Waals surface area (Å²) in [7, 11) is 0. The van der Waals surface area contributed by atoms with E-state index in [1.807, 2.05) is 6.07 Å². The van der Waals surface area contributed by atoms with Crippen molar-refractivity contribution in [2.45, 2.75) is 12.5 Å². The fraction of sp³-hybridized carbons (Fsp3) is 0.167. The lowest BCUT2D eigenvalue weighted by atomic mass is 10.0. The number of hydrogen-bond acceptors (Lipinski definition) is 3. The third-order valence-corrected chi connectivity index (χ3v) is 2.54. The number of aliphatic carboxylic acids is 1. The first-order valence-electron chi connectivity index (χ1n) is 5.12. The molecule has 5 heteroatoms. The van der Waals surface area contributed by atoms with E-state index in [1.54, 1.807) is 18.2 Å². The molecule has 1 radical (unpaired) electrons. The Balaban J connectivity index is 2.49. The summed E-state index contributed by atoms with van der Waals surface area (Å²) in [5.74, 6) is -1.46. The molecule has 0 aliphatic rings. The number of carbonyl (C=O) groups is 1. The van der Waals surface area contributed by atoms with Gasteiger partial charge in [0.05, 0.1) is 5.52 Å². The summed E-state index contributed by atoms with van der Waals surface area (Å²) < 4.78 is 0. The monoisotopic (exact) mass is 231 g/mol. The van der Waals surface area contributed by atoms with Crippen molar-refractivity contribution in [1.29, 1.82) is 0 Å². The molecule has 2 aromatic rings. The van der Waals surface area contributed by atoms with Crippen LogP contribution < -0.4 is 5.73 Å². The second-order valence-corrected chi connectivity index (χ2v) is 3.79. The van der Waals surface area contributed by atoms with Crippen LogP contribution in [0.25, 0.3) is 10.9 Å². The van der Waals surface area contributed by atoms with Gasteiger partial charge in [-0.3, -0.25) is 9.90 Å². The number of carboxylic acid groups (broad SMARTS) is 1. The van der Waals surface area contributed by atoms with Crippen LogP contribution in [0.15, 0.2) is 30.3 Å². The van der Waals surface area contributed by atoms with Crippen LogP contribution in [-0.4, -0.2) is 22.1 Å². The van der Waals surface area contributed by atoms with Crippen molar-refractivity contribution in [1.82, 2.24) is 4.98 Å². The molecule has 0 aliphatic heterocycles.